The van der Waals surface area contributed by atoms with Crippen molar-refractivity contribution in [2.45, 2.75) is 94.5 Å². The number of aliphatic hydroxyl groups is 1. The monoisotopic (exact) mass is 677 g/mol. The summed E-state index contributed by atoms with van der Waals surface area (Å²) in [5, 5.41) is 15.3. The normalized spacial score (nSPS) is 27.6. The number of halogens is 2. The van der Waals surface area contributed by atoms with Crippen molar-refractivity contribution in [1.82, 2.24) is 20.2 Å². The van der Waals surface area contributed by atoms with Crippen LogP contribution in [0, 0.1) is 34.8 Å². The molecule has 0 radical (unpaired) electrons. The first kappa shape index (κ1) is 31.0. The lowest BCUT2D eigenvalue weighted by atomic mass is 9.76. The minimum Gasteiger partial charge on any atom is -0.512 e. The topological polar surface area (TPSA) is 73.8 Å². The number of rotatable bonds is 8. The molecule has 3 saturated carbocycles. The van der Waals surface area contributed by atoms with Crippen molar-refractivity contribution in [2.24, 2.45) is 10.8 Å². The summed E-state index contributed by atoms with van der Waals surface area (Å²) in [6, 6.07) is 5.99. The van der Waals surface area contributed by atoms with E-state index in [1.54, 1.807) is 12.1 Å². The largest absolute Gasteiger partial charge is 0.512 e. The van der Waals surface area contributed by atoms with Crippen molar-refractivity contribution >= 4 is 22.8 Å². The van der Waals surface area contributed by atoms with Crippen LogP contribution in [-0.4, -0.2) is 71.4 Å². The lowest BCUT2D eigenvalue weighted by molar-refractivity contribution is 0.115. The maximum atomic E-state index is 17.6. The maximum Gasteiger partial charge on any atom is 0.319 e. The van der Waals surface area contributed by atoms with E-state index in [0.717, 1.165) is 69.5 Å². The predicted molar refractivity (Wildman–Crippen MR) is 190 cm³/mol. The molecule has 3 saturated heterocycles. The molecule has 4 heterocycles. The molecule has 2 bridgehead atoms. The number of hydrogen-bond donors (Lipinski definition) is 2. The summed E-state index contributed by atoms with van der Waals surface area (Å²) in [6.07, 6.45) is 19.4. The van der Waals surface area contributed by atoms with Crippen LogP contribution in [0.5, 0.6) is 6.01 Å². The number of piperazine rings is 1. The molecule has 3 atom stereocenters. The first-order valence-corrected chi connectivity index (χ1v) is 18.9. The van der Waals surface area contributed by atoms with E-state index in [1.165, 1.54) is 44.8 Å². The molecule has 3 aromatic rings. The number of likely N-dealkylation sites (tertiary alicyclic amines) is 1. The Bertz CT molecular complexity index is 1950. The van der Waals surface area contributed by atoms with Crippen LogP contribution in [0.15, 0.2) is 24.0 Å². The number of allylic oxidation sites excluding steroid dienone is 1. The van der Waals surface area contributed by atoms with Crippen LogP contribution in [0.25, 0.3) is 17.0 Å². The Morgan fingerprint density at radius 1 is 0.980 bits per heavy atom. The number of aromatic nitrogens is 2. The van der Waals surface area contributed by atoms with Gasteiger partial charge in [0.05, 0.1) is 17.9 Å². The highest BCUT2D eigenvalue weighted by Crippen LogP contribution is 2.55. The molecule has 10 rings (SSSR count). The number of ether oxygens (including phenoxy) is 1. The third kappa shape index (κ3) is 5.36. The van der Waals surface area contributed by atoms with Gasteiger partial charge in [-0.25, -0.2) is 8.78 Å². The van der Waals surface area contributed by atoms with Crippen LogP contribution < -0.4 is 15.0 Å². The first-order valence-electron chi connectivity index (χ1n) is 18.9. The molecule has 2 aromatic carbocycles. The quantitative estimate of drug-likeness (QED) is 0.245. The fourth-order valence-corrected chi connectivity index (χ4v) is 9.72. The van der Waals surface area contributed by atoms with Crippen LogP contribution in [0.4, 0.5) is 14.6 Å². The van der Waals surface area contributed by atoms with Gasteiger partial charge in [-0.3, -0.25) is 0 Å². The van der Waals surface area contributed by atoms with E-state index in [1.807, 2.05) is 0 Å². The predicted octanol–water partition coefficient (Wildman–Crippen LogP) is 7.18. The molecule has 3 unspecified atom stereocenters. The van der Waals surface area contributed by atoms with E-state index in [0.29, 0.717) is 46.2 Å². The zero-order chi connectivity index (χ0) is 33.8. The van der Waals surface area contributed by atoms with Crippen LogP contribution in [0.2, 0.25) is 0 Å². The number of piperidine rings is 1. The summed E-state index contributed by atoms with van der Waals surface area (Å²) in [6.45, 7) is 5.47. The van der Waals surface area contributed by atoms with Gasteiger partial charge in [0, 0.05) is 60.4 Å². The van der Waals surface area contributed by atoms with Gasteiger partial charge in [-0.1, -0.05) is 12.0 Å². The summed E-state index contributed by atoms with van der Waals surface area (Å²) in [7, 11) is 0. The van der Waals surface area contributed by atoms with Gasteiger partial charge < -0.3 is 25.0 Å². The Labute approximate surface area is 292 Å². The average Bonchev–Trinajstić information content (AvgIpc) is 4.03. The van der Waals surface area contributed by atoms with Gasteiger partial charge in [-0.05, 0) is 124 Å². The molecular formula is C41H45F2N5O2. The van der Waals surface area contributed by atoms with Gasteiger partial charge in [-0.2, -0.15) is 9.97 Å². The SMILES string of the molecule is C#Cc1c(F)ccc2c1C(c1c(C3CC3)cc3c(N4CC5CCC(C4)N5)nc(OCC4(CN5CCC6(CC5)CC6)CC4)nc3c1F)CC(O)=C2. The van der Waals surface area contributed by atoms with Crippen LogP contribution in [0.1, 0.15) is 110 Å². The fraction of sp³-hybridized carbons (Fsp3) is 0.561. The summed E-state index contributed by atoms with van der Waals surface area (Å²) < 4.78 is 39.3. The molecule has 1 spiro atoms. The van der Waals surface area contributed by atoms with Crippen LogP contribution in [0.3, 0.4) is 0 Å². The molecule has 2 N–H and O–H groups in total. The lowest BCUT2D eigenvalue weighted by Gasteiger charge is -2.35. The zero-order valence-corrected chi connectivity index (χ0v) is 28.6. The van der Waals surface area contributed by atoms with Gasteiger partial charge in [-0.15, -0.1) is 6.42 Å². The average molecular weight is 678 g/mol. The molecule has 4 aliphatic carbocycles. The van der Waals surface area contributed by atoms with E-state index in [9.17, 15) is 5.11 Å². The molecule has 7 aliphatic rings. The van der Waals surface area contributed by atoms with Gasteiger partial charge >= 0.3 is 6.01 Å². The van der Waals surface area contributed by atoms with E-state index >= 15 is 8.78 Å². The van der Waals surface area contributed by atoms with Crippen LogP contribution >= 0.6 is 0 Å². The Hall–Kier alpha value is -3.74. The Morgan fingerprint density at radius 3 is 2.42 bits per heavy atom. The van der Waals surface area contributed by atoms with Gasteiger partial charge in [0.25, 0.3) is 0 Å². The Kier molecular flexibility index (Phi) is 7.06. The van der Waals surface area contributed by atoms with Gasteiger partial charge in [0.15, 0.2) is 5.82 Å². The molecule has 1 aromatic heterocycles. The van der Waals surface area contributed by atoms with Crippen molar-refractivity contribution in [1.29, 1.82) is 0 Å². The number of anilines is 1. The molecule has 0 amide bonds. The lowest BCUT2D eigenvalue weighted by Crippen LogP contribution is -2.51. The van der Waals surface area contributed by atoms with E-state index < -0.39 is 17.6 Å². The molecule has 50 heavy (non-hydrogen) atoms. The second kappa shape index (κ2) is 11.4. The third-order valence-electron chi connectivity index (χ3n) is 13.2. The fourth-order valence-electron chi connectivity index (χ4n) is 9.72. The minimum absolute atomic E-state index is 0.0889. The molecule has 260 valence electrons. The van der Waals surface area contributed by atoms with Crippen molar-refractivity contribution in [2.75, 3.05) is 44.2 Å². The van der Waals surface area contributed by atoms with E-state index in [2.05, 4.69) is 27.1 Å². The molecule has 3 aliphatic heterocycles. The summed E-state index contributed by atoms with van der Waals surface area (Å²) >= 11 is 0. The van der Waals surface area contributed by atoms with Crippen molar-refractivity contribution in [3.8, 4) is 18.4 Å². The number of aliphatic hydroxyl groups excluding tert-OH is 1. The highest BCUT2D eigenvalue weighted by atomic mass is 19.1. The zero-order valence-electron chi connectivity index (χ0n) is 28.6. The minimum atomic E-state index is -0.649. The summed E-state index contributed by atoms with van der Waals surface area (Å²) in [4.78, 5) is 14.8. The Morgan fingerprint density at radius 2 is 1.74 bits per heavy atom. The highest BCUT2D eigenvalue weighted by molar-refractivity contribution is 5.92. The third-order valence-corrected chi connectivity index (χ3v) is 13.2. The van der Waals surface area contributed by atoms with Crippen molar-refractivity contribution in [3.63, 3.8) is 0 Å². The van der Waals surface area contributed by atoms with E-state index in [-0.39, 0.29) is 40.6 Å². The summed E-state index contributed by atoms with van der Waals surface area (Å²) in [5.41, 5.74) is 3.59. The number of terminal acetylenes is 1. The number of fused-ring (bicyclic) bond motifs is 4. The number of benzene rings is 2. The molecular weight excluding hydrogens is 632 g/mol. The highest BCUT2D eigenvalue weighted by Gasteiger charge is 2.49. The molecule has 7 nitrogen and oxygen atoms in total. The van der Waals surface area contributed by atoms with Crippen molar-refractivity contribution < 1.29 is 18.6 Å². The molecule has 9 heteroatoms. The van der Waals surface area contributed by atoms with E-state index in [4.69, 9.17) is 21.1 Å². The van der Waals surface area contributed by atoms with Crippen molar-refractivity contribution in [3.05, 3.63) is 63.4 Å². The van der Waals surface area contributed by atoms with Gasteiger partial charge in [0.2, 0.25) is 0 Å². The number of hydrogen-bond acceptors (Lipinski definition) is 7. The van der Waals surface area contributed by atoms with Crippen LogP contribution in [-0.2, 0) is 0 Å². The molecule has 6 fully saturated rings. The van der Waals surface area contributed by atoms with Gasteiger partial charge in [0.1, 0.15) is 17.2 Å². The second-order valence-electron chi connectivity index (χ2n) is 16.8. The number of nitrogens with one attached hydrogen (secondary N) is 1. The smallest absolute Gasteiger partial charge is 0.319 e. The maximum absolute atomic E-state index is 17.6. The number of nitrogens with zero attached hydrogens (tertiary/aromatic N) is 4. The first-order chi connectivity index (χ1) is 24.3. The summed E-state index contributed by atoms with van der Waals surface area (Å²) in [5.74, 6) is 1.95. The second-order valence-corrected chi connectivity index (χ2v) is 16.8. The Balaban J connectivity index is 1.06. The standard InChI is InChI=1S/C41H45F2N5O2/c1-2-29-33(42)8-5-25-17-28(49)18-31(34(25)29)35-30(24-3-4-24)19-32-37(36(35)43)45-39(46-38(32)48-20-26-6-7-27(21-48)44-26)50-23-41(11-12-41)22-47-15-13-40(9-10-40)14-16-47/h1,5,8,17,19,24,26-27,31,44,49H,3-4,6-7,9-16,18,20-23H2.